The summed E-state index contributed by atoms with van der Waals surface area (Å²) in [5.41, 5.74) is 2.11. The average Bonchev–Trinajstić information content (AvgIpc) is 2.11. The van der Waals surface area contributed by atoms with Gasteiger partial charge in [0.15, 0.2) is 0 Å². The fourth-order valence-corrected chi connectivity index (χ4v) is 1.45. The van der Waals surface area contributed by atoms with E-state index in [0.29, 0.717) is 6.42 Å². The van der Waals surface area contributed by atoms with E-state index in [4.69, 9.17) is 0 Å². The van der Waals surface area contributed by atoms with Gasteiger partial charge in [-0.1, -0.05) is 33.6 Å². The van der Waals surface area contributed by atoms with Crippen molar-refractivity contribution in [3.8, 4) is 0 Å². The lowest BCUT2D eigenvalue weighted by molar-refractivity contribution is -0.139. The van der Waals surface area contributed by atoms with Crippen LogP contribution in [0.1, 0.15) is 11.1 Å². The zero-order valence-corrected chi connectivity index (χ0v) is 9.22. The molecular formula is C10H11BrO2. The molecule has 0 saturated heterocycles. The third-order valence-corrected chi connectivity index (χ3v) is 2.54. The van der Waals surface area contributed by atoms with Crippen LogP contribution in [0.15, 0.2) is 22.7 Å². The van der Waals surface area contributed by atoms with Crippen molar-refractivity contribution in [3.05, 3.63) is 33.8 Å². The predicted molar refractivity (Wildman–Crippen MR) is 54.6 cm³/mol. The molecule has 1 rings (SSSR count). The monoisotopic (exact) mass is 242 g/mol. The summed E-state index contributed by atoms with van der Waals surface area (Å²) < 4.78 is 5.54. The Morgan fingerprint density at radius 1 is 1.54 bits per heavy atom. The van der Waals surface area contributed by atoms with Gasteiger partial charge in [0.2, 0.25) is 0 Å². The van der Waals surface area contributed by atoms with Gasteiger partial charge in [0.25, 0.3) is 0 Å². The SMILES string of the molecule is COC(=O)Cc1cc(C)ccc1Br. The first kappa shape index (κ1) is 10.3. The first-order valence-corrected chi connectivity index (χ1v) is 4.74. The fraction of sp³-hybridized carbons (Fsp3) is 0.300. The van der Waals surface area contributed by atoms with Gasteiger partial charge >= 0.3 is 5.97 Å². The van der Waals surface area contributed by atoms with E-state index in [-0.39, 0.29) is 5.97 Å². The Morgan fingerprint density at radius 3 is 2.85 bits per heavy atom. The average molecular weight is 243 g/mol. The second-order valence-electron chi connectivity index (χ2n) is 2.85. The molecule has 1 aromatic rings. The van der Waals surface area contributed by atoms with Gasteiger partial charge in [-0.05, 0) is 18.6 Å². The summed E-state index contributed by atoms with van der Waals surface area (Å²) in [5, 5.41) is 0. The Balaban J connectivity index is 2.87. The Morgan fingerprint density at radius 2 is 2.23 bits per heavy atom. The number of halogens is 1. The molecular weight excluding hydrogens is 232 g/mol. The van der Waals surface area contributed by atoms with Crippen molar-refractivity contribution >= 4 is 21.9 Å². The number of ether oxygens (including phenoxy) is 1. The van der Waals surface area contributed by atoms with E-state index in [1.165, 1.54) is 7.11 Å². The number of carbonyl (C=O) groups is 1. The van der Waals surface area contributed by atoms with E-state index in [2.05, 4.69) is 20.7 Å². The van der Waals surface area contributed by atoms with Crippen molar-refractivity contribution in [1.82, 2.24) is 0 Å². The van der Waals surface area contributed by atoms with Gasteiger partial charge < -0.3 is 4.74 Å². The van der Waals surface area contributed by atoms with Crippen molar-refractivity contribution in [2.24, 2.45) is 0 Å². The normalized spacial score (nSPS) is 9.77. The predicted octanol–water partition coefficient (Wildman–Crippen LogP) is 2.47. The molecule has 0 bridgehead atoms. The first-order chi connectivity index (χ1) is 6.13. The summed E-state index contributed by atoms with van der Waals surface area (Å²) in [5.74, 6) is -0.216. The summed E-state index contributed by atoms with van der Waals surface area (Å²) >= 11 is 3.38. The van der Waals surface area contributed by atoms with E-state index < -0.39 is 0 Å². The Kier molecular flexibility index (Phi) is 3.48. The van der Waals surface area contributed by atoms with Gasteiger partial charge in [0.1, 0.15) is 0 Å². The molecule has 0 fully saturated rings. The van der Waals surface area contributed by atoms with Gasteiger partial charge in [-0.15, -0.1) is 0 Å². The minimum atomic E-state index is -0.216. The lowest BCUT2D eigenvalue weighted by Gasteiger charge is -2.03. The Bertz CT molecular complexity index is 321. The maximum Gasteiger partial charge on any atom is 0.310 e. The largest absolute Gasteiger partial charge is 0.469 e. The van der Waals surface area contributed by atoms with E-state index in [1.54, 1.807) is 0 Å². The molecule has 0 radical (unpaired) electrons. The highest BCUT2D eigenvalue weighted by atomic mass is 79.9. The number of esters is 1. The molecule has 0 atom stereocenters. The fourth-order valence-electron chi connectivity index (χ4n) is 1.07. The van der Waals surface area contributed by atoms with Crippen LogP contribution >= 0.6 is 15.9 Å². The Labute approximate surface area is 86.0 Å². The molecule has 3 heteroatoms. The molecule has 70 valence electrons. The minimum absolute atomic E-state index is 0.216. The lowest BCUT2D eigenvalue weighted by atomic mass is 10.1. The van der Waals surface area contributed by atoms with Crippen LogP contribution in [0.4, 0.5) is 0 Å². The van der Waals surface area contributed by atoms with E-state index in [0.717, 1.165) is 15.6 Å². The molecule has 2 nitrogen and oxygen atoms in total. The number of aryl methyl sites for hydroxylation is 1. The second-order valence-corrected chi connectivity index (χ2v) is 3.70. The molecule has 13 heavy (non-hydrogen) atoms. The molecule has 0 saturated carbocycles. The van der Waals surface area contributed by atoms with Crippen LogP contribution in [0.25, 0.3) is 0 Å². The van der Waals surface area contributed by atoms with Crippen LogP contribution in [-0.2, 0) is 16.0 Å². The third kappa shape index (κ3) is 2.84. The standard InChI is InChI=1S/C10H11BrO2/c1-7-3-4-9(11)8(5-7)6-10(12)13-2/h3-5H,6H2,1-2H3. The number of carbonyl (C=O) groups excluding carboxylic acids is 1. The topological polar surface area (TPSA) is 26.3 Å². The molecule has 0 N–H and O–H groups in total. The third-order valence-electron chi connectivity index (χ3n) is 1.76. The molecule has 0 heterocycles. The summed E-state index contributed by atoms with van der Waals surface area (Å²) in [6, 6.07) is 5.90. The van der Waals surface area contributed by atoms with Gasteiger partial charge in [0.05, 0.1) is 13.5 Å². The highest BCUT2D eigenvalue weighted by molar-refractivity contribution is 9.10. The molecule has 0 spiro atoms. The molecule has 0 unspecified atom stereocenters. The van der Waals surface area contributed by atoms with E-state index in [9.17, 15) is 4.79 Å². The zero-order valence-electron chi connectivity index (χ0n) is 7.63. The number of benzene rings is 1. The molecule has 1 aromatic carbocycles. The number of methoxy groups -OCH3 is 1. The molecule has 0 aromatic heterocycles. The smallest absolute Gasteiger partial charge is 0.310 e. The van der Waals surface area contributed by atoms with Crippen molar-refractivity contribution in [2.75, 3.05) is 7.11 Å². The molecule has 0 aliphatic carbocycles. The van der Waals surface area contributed by atoms with Gasteiger partial charge in [-0.25, -0.2) is 0 Å². The lowest BCUT2D eigenvalue weighted by Crippen LogP contribution is -2.05. The van der Waals surface area contributed by atoms with Crippen LogP contribution in [0.5, 0.6) is 0 Å². The highest BCUT2D eigenvalue weighted by Gasteiger charge is 2.06. The van der Waals surface area contributed by atoms with E-state index >= 15 is 0 Å². The molecule has 0 aliphatic rings. The zero-order chi connectivity index (χ0) is 9.84. The van der Waals surface area contributed by atoms with Crippen LogP contribution in [-0.4, -0.2) is 13.1 Å². The van der Waals surface area contributed by atoms with Crippen LogP contribution in [0, 0.1) is 6.92 Å². The number of rotatable bonds is 2. The Hall–Kier alpha value is -0.830. The summed E-state index contributed by atoms with van der Waals surface area (Å²) in [4.78, 5) is 11.0. The summed E-state index contributed by atoms with van der Waals surface area (Å²) in [7, 11) is 1.39. The maximum absolute atomic E-state index is 11.0. The summed E-state index contributed by atoms with van der Waals surface area (Å²) in [6.45, 7) is 1.99. The van der Waals surface area contributed by atoms with E-state index in [1.807, 2.05) is 25.1 Å². The van der Waals surface area contributed by atoms with Crippen molar-refractivity contribution in [1.29, 1.82) is 0 Å². The van der Waals surface area contributed by atoms with Gasteiger partial charge in [0, 0.05) is 4.47 Å². The maximum atomic E-state index is 11.0. The quantitative estimate of drug-likeness (QED) is 0.746. The summed E-state index contributed by atoms with van der Waals surface area (Å²) in [6.07, 6.45) is 0.318. The molecule has 0 amide bonds. The molecule has 0 aliphatic heterocycles. The van der Waals surface area contributed by atoms with Gasteiger partial charge in [-0.3, -0.25) is 4.79 Å². The minimum Gasteiger partial charge on any atom is -0.469 e. The number of hydrogen-bond acceptors (Lipinski definition) is 2. The van der Waals surface area contributed by atoms with Crippen molar-refractivity contribution in [3.63, 3.8) is 0 Å². The van der Waals surface area contributed by atoms with Crippen LogP contribution < -0.4 is 0 Å². The first-order valence-electron chi connectivity index (χ1n) is 3.95. The second kappa shape index (κ2) is 4.42. The number of hydrogen-bond donors (Lipinski definition) is 0. The van der Waals surface area contributed by atoms with Crippen LogP contribution in [0.2, 0.25) is 0 Å². The highest BCUT2D eigenvalue weighted by Crippen LogP contribution is 2.18. The van der Waals surface area contributed by atoms with Crippen LogP contribution in [0.3, 0.4) is 0 Å². The van der Waals surface area contributed by atoms with Gasteiger partial charge in [-0.2, -0.15) is 0 Å². The van der Waals surface area contributed by atoms with Crippen molar-refractivity contribution < 1.29 is 9.53 Å². The van der Waals surface area contributed by atoms with Crippen molar-refractivity contribution in [2.45, 2.75) is 13.3 Å².